The zero-order valence-corrected chi connectivity index (χ0v) is 11.4. The minimum Gasteiger partial charge on any atom is -0.394 e. The van der Waals surface area contributed by atoms with Crippen LogP contribution in [0.25, 0.3) is 11.1 Å². The molecule has 1 aliphatic rings. The summed E-state index contributed by atoms with van der Waals surface area (Å²) in [5.74, 6) is 0. The van der Waals surface area contributed by atoms with E-state index in [1.165, 1.54) is 6.33 Å². The zero-order chi connectivity index (χ0) is 14.7. The van der Waals surface area contributed by atoms with Gasteiger partial charge in [0, 0.05) is 18.0 Å². The molecule has 2 heterocycles. The van der Waals surface area contributed by atoms with E-state index < -0.39 is 5.54 Å². The summed E-state index contributed by atoms with van der Waals surface area (Å²) in [7, 11) is 0. The van der Waals surface area contributed by atoms with Crippen LogP contribution in [-0.2, 0) is 4.74 Å². The van der Waals surface area contributed by atoms with Gasteiger partial charge in [0.25, 0.3) is 0 Å². The van der Waals surface area contributed by atoms with E-state index in [9.17, 15) is 10.2 Å². The molecule has 3 rings (SSSR count). The molecule has 6 nitrogen and oxygen atoms in total. The molecule has 1 unspecified atom stereocenters. The second-order valence-electron chi connectivity index (χ2n) is 5.18. The van der Waals surface area contributed by atoms with Gasteiger partial charge in [-0.15, -0.1) is 0 Å². The van der Waals surface area contributed by atoms with Crippen molar-refractivity contribution in [3.05, 3.63) is 48.5 Å². The van der Waals surface area contributed by atoms with Gasteiger partial charge < -0.3 is 14.9 Å². The van der Waals surface area contributed by atoms with Crippen LogP contribution in [0, 0.1) is 0 Å². The molecule has 1 atom stereocenters. The van der Waals surface area contributed by atoms with E-state index in [0.29, 0.717) is 0 Å². The highest BCUT2D eigenvalue weighted by Gasteiger charge is 2.39. The standard InChI is InChI=1S/C15H17N3O3/c19-7-15(8-20)9-21-14(18-15)12-3-1-11(2-4-12)13-5-16-10-17-6-13/h1-6,10,14,18-20H,7-9H2. The number of hydrogen-bond donors (Lipinski definition) is 3. The minimum absolute atomic E-state index is 0.167. The average Bonchev–Trinajstić information content (AvgIpc) is 3.01. The van der Waals surface area contributed by atoms with E-state index in [1.807, 2.05) is 24.3 Å². The highest BCUT2D eigenvalue weighted by atomic mass is 16.5. The summed E-state index contributed by atoms with van der Waals surface area (Å²) in [6, 6.07) is 7.84. The largest absolute Gasteiger partial charge is 0.394 e. The first kappa shape index (κ1) is 14.1. The molecular formula is C15H17N3O3. The van der Waals surface area contributed by atoms with Crippen LogP contribution in [0.4, 0.5) is 0 Å². The summed E-state index contributed by atoms with van der Waals surface area (Å²) < 4.78 is 5.63. The van der Waals surface area contributed by atoms with Gasteiger partial charge in [-0.3, -0.25) is 5.32 Å². The Hall–Kier alpha value is -1.86. The Kier molecular flexibility index (Phi) is 3.94. The first-order valence-electron chi connectivity index (χ1n) is 6.73. The van der Waals surface area contributed by atoms with Crippen molar-refractivity contribution in [2.75, 3.05) is 19.8 Å². The molecule has 1 saturated heterocycles. The summed E-state index contributed by atoms with van der Waals surface area (Å²) in [5, 5.41) is 21.8. The molecule has 110 valence electrons. The molecule has 1 aromatic carbocycles. The molecule has 0 bridgehead atoms. The summed E-state index contributed by atoms with van der Waals surface area (Å²) >= 11 is 0. The third-order valence-corrected chi connectivity index (χ3v) is 3.68. The minimum atomic E-state index is -0.767. The second kappa shape index (κ2) is 5.87. The molecule has 0 spiro atoms. The Morgan fingerprint density at radius 3 is 2.33 bits per heavy atom. The Balaban J connectivity index is 1.77. The molecular weight excluding hydrogens is 270 g/mol. The van der Waals surface area contributed by atoms with E-state index in [1.54, 1.807) is 12.4 Å². The number of hydrogen-bond acceptors (Lipinski definition) is 6. The third kappa shape index (κ3) is 2.79. The van der Waals surface area contributed by atoms with Crippen molar-refractivity contribution in [3.8, 4) is 11.1 Å². The van der Waals surface area contributed by atoms with E-state index in [2.05, 4.69) is 15.3 Å². The van der Waals surface area contributed by atoms with Crippen LogP contribution in [-0.4, -0.2) is 45.5 Å². The van der Waals surface area contributed by atoms with Crippen molar-refractivity contribution < 1.29 is 14.9 Å². The fourth-order valence-corrected chi connectivity index (χ4v) is 2.31. The topological polar surface area (TPSA) is 87.5 Å². The van der Waals surface area contributed by atoms with E-state index >= 15 is 0 Å². The highest BCUT2D eigenvalue weighted by Crippen LogP contribution is 2.27. The summed E-state index contributed by atoms with van der Waals surface area (Å²) in [6.45, 7) is -0.0577. The first-order valence-corrected chi connectivity index (χ1v) is 6.73. The Morgan fingerprint density at radius 2 is 1.76 bits per heavy atom. The van der Waals surface area contributed by atoms with Gasteiger partial charge in [0.1, 0.15) is 12.6 Å². The molecule has 6 heteroatoms. The number of nitrogens with zero attached hydrogens (tertiary/aromatic N) is 2. The van der Waals surface area contributed by atoms with Crippen molar-refractivity contribution in [1.82, 2.24) is 15.3 Å². The molecule has 1 fully saturated rings. The highest BCUT2D eigenvalue weighted by molar-refractivity contribution is 5.61. The van der Waals surface area contributed by atoms with Crippen LogP contribution in [0.5, 0.6) is 0 Å². The summed E-state index contributed by atoms with van der Waals surface area (Å²) in [6.07, 6.45) is 4.69. The van der Waals surface area contributed by atoms with Gasteiger partial charge in [-0.2, -0.15) is 0 Å². The van der Waals surface area contributed by atoms with Gasteiger partial charge in [-0.1, -0.05) is 24.3 Å². The molecule has 0 radical (unpaired) electrons. The predicted molar refractivity (Wildman–Crippen MR) is 76.2 cm³/mol. The van der Waals surface area contributed by atoms with Crippen molar-refractivity contribution in [2.45, 2.75) is 11.8 Å². The zero-order valence-electron chi connectivity index (χ0n) is 11.4. The maximum atomic E-state index is 9.36. The number of aliphatic hydroxyl groups is 2. The van der Waals surface area contributed by atoms with Gasteiger partial charge in [0.15, 0.2) is 0 Å². The maximum absolute atomic E-state index is 9.36. The third-order valence-electron chi connectivity index (χ3n) is 3.68. The maximum Gasteiger partial charge on any atom is 0.135 e. The lowest BCUT2D eigenvalue weighted by Crippen LogP contribution is -2.49. The molecule has 1 aliphatic heterocycles. The monoisotopic (exact) mass is 287 g/mol. The van der Waals surface area contributed by atoms with Crippen molar-refractivity contribution >= 4 is 0 Å². The smallest absolute Gasteiger partial charge is 0.135 e. The molecule has 0 aliphatic carbocycles. The van der Waals surface area contributed by atoms with Crippen LogP contribution in [0.1, 0.15) is 11.8 Å². The lowest BCUT2D eigenvalue weighted by Gasteiger charge is -2.23. The van der Waals surface area contributed by atoms with Crippen LogP contribution in [0.15, 0.2) is 43.0 Å². The molecule has 0 amide bonds. The van der Waals surface area contributed by atoms with Gasteiger partial charge in [-0.25, -0.2) is 9.97 Å². The van der Waals surface area contributed by atoms with Crippen molar-refractivity contribution in [2.24, 2.45) is 0 Å². The fourth-order valence-electron chi connectivity index (χ4n) is 2.31. The van der Waals surface area contributed by atoms with Crippen LogP contribution in [0.2, 0.25) is 0 Å². The number of ether oxygens (including phenoxy) is 1. The SMILES string of the molecule is OCC1(CO)COC(c2ccc(-c3cncnc3)cc2)N1. The summed E-state index contributed by atoms with van der Waals surface area (Å²) in [4.78, 5) is 8.00. The van der Waals surface area contributed by atoms with E-state index in [0.717, 1.165) is 16.7 Å². The van der Waals surface area contributed by atoms with Gasteiger partial charge in [0.2, 0.25) is 0 Å². The van der Waals surface area contributed by atoms with Crippen LogP contribution < -0.4 is 5.32 Å². The molecule has 1 aromatic heterocycles. The lowest BCUT2D eigenvalue weighted by molar-refractivity contribution is 0.0760. The predicted octanol–water partition coefficient (Wildman–Crippen LogP) is 0.485. The quantitative estimate of drug-likeness (QED) is 0.758. The molecule has 0 saturated carbocycles. The van der Waals surface area contributed by atoms with Gasteiger partial charge in [0.05, 0.1) is 25.4 Å². The number of aliphatic hydroxyl groups excluding tert-OH is 2. The van der Waals surface area contributed by atoms with E-state index in [4.69, 9.17) is 4.74 Å². The number of rotatable bonds is 4. The number of aromatic nitrogens is 2. The Morgan fingerprint density at radius 1 is 1.10 bits per heavy atom. The number of nitrogens with one attached hydrogen (secondary N) is 1. The fraction of sp³-hybridized carbons (Fsp3) is 0.333. The number of benzene rings is 1. The second-order valence-corrected chi connectivity index (χ2v) is 5.18. The summed E-state index contributed by atoms with van der Waals surface area (Å²) in [5.41, 5.74) is 2.15. The molecule has 3 N–H and O–H groups in total. The Labute approximate surface area is 122 Å². The first-order chi connectivity index (χ1) is 10.3. The normalized spacial score (nSPS) is 20.6. The lowest BCUT2D eigenvalue weighted by atomic mass is 10.0. The molecule has 21 heavy (non-hydrogen) atoms. The van der Waals surface area contributed by atoms with Gasteiger partial charge >= 0.3 is 0 Å². The average molecular weight is 287 g/mol. The van der Waals surface area contributed by atoms with Crippen LogP contribution in [0.3, 0.4) is 0 Å². The Bertz CT molecular complexity index is 585. The van der Waals surface area contributed by atoms with Crippen molar-refractivity contribution in [3.63, 3.8) is 0 Å². The van der Waals surface area contributed by atoms with Crippen molar-refractivity contribution in [1.29, 1.82) is 0 Å². The van der Waals surface area contributed by atoms with Gasteiger partial charge in [-0.05, 0) is 11.1 Å². The molecule has 2 aromatic rings. The van der Waals surface area contributed by atoms with Crippen LogP contribution >= 0.6 is 0 Å². The van der Waals surface area contributed by atoms with E-state index in [-0.39, 0.29) is 26.0 Å².